The molecular formula is C22H19NO3. The summed E-state index contributed by atoms with van der Waals surface area (Å²) in [4.78, 5) is 23.8. The summed E-state index contributed by atoms with van der Waals surface area (Å²) in [7, 11) is 0. The van der Waals surface area contributed by atoms with Crippen molar-refractivity contribution in [2.24, 2.45) is 0 Å². The molecule has 1 N–H and O–H groups in total. The lowest BCUT2D eigenvalue weighted by Gasteiger charge is -2.09. The molecule has 130 valence electrons. The van der Waals surface area contributed by atoms with E-state index in [-0.39, 0.29) is 11.7 Å². The van der Waals surface area contributed by atoms with Gasteiger partial charge in [-0.3, -0.25) is 9.59 Å². The summed E-state index contributed by atoms with van der Waals surface area (Å²) in [6.07, 6.45) is 0. The second kappa shape index (κ2) is 7.66. The molecule has 0 aliphatic heterocycles. The first-order valence-corrected chi connectivity index (χ1v) is 8.28. The smallest absolute Gasteiger partial charge is 0.255 e. The van der Waals surface area contributed by atoms with Crippen molar-refractivity contribution < 1.29 is 14.3 Å². The number of benzene rings is 3. The lowest BCUT2D eigenvalue weighted by Crippen LogP contribution is -2.12. The molecule has 0 bridgehead atoms. The van der Waals surface area contributed by atoms with Crippen molar-refractivity contribution in [1.29, 1.82) is 0 Å². The average molecular weight is 345 g/mol. The molecule has 0 saturated heterocycles. The summed E-state index contributed by atoms with van der Waals surface area (Å²) >= 11 is 0. The van der Waals surface area contributed by atoms with Crippen LogP contribution in [0.1, 0.15) is 33.2 Å². The van der Waals surface area contributed by atoms with Gasteiger partial charge in [-0.1, -0.05) is 24.3 Å². The van der Waals surface area contributed by atoms with E-state index >= 15 is 0 Å². The highest BCUT2D eigenvalue weighted by molar-refractivity contribution is 6.05. The predicted molar refractivity (Wildman–Crippen MR) is 102 cm³/mol. The Hall–Kier alpha value is -3.40. The van der Waals surface area contributed by atoms with E-state index < -0.39 is 0 Å². The molecule has 0 fully saturated rings. The van der Waals surface area contributed by atoms with Crippen LogP contribution in [-0.2, 0) is 0 Å². The minimum absolute atomic E-state index is 0.0428. The van der Waals surface area contributed by atoms with Gasteiger partial charge in [-0.25, -0.2) is 0 Å². The number of rotatable bonds is 5. The highest BCUT2D eigenvalue weighted by atomic mass is 16.5. The van der Waals surface area contributed by atoms with Crippen LogP contribution in [0.25, 0.3) is 0 Å². The van der Waals surface area contributed by atoms with E-state index in [1.807, 2.05) is 31.2 Å². The van der Waals surface area contributed by atoms with E-state index in [1.165, 1.54) is 6.92 Å². The molecule has 0 aliphatic carbocycles. The Bertz CT molecular complexity index is 946. The normalized spacial score (nSPS) is 10.2. The second-order valence-electron chi connectivity index (χ2n) is 6.03. The van der Waals surface area contributed by atoms with Crippen LogP contribution in [0.15, 0.2) is 72.8 Å². The Labute approximate surface area is 152 Å². The summed E-state index contributed by atoms with van der Waals surface area (Å²) in [5.74, 6) is 1.13. The number of nitrogens with one attached hydrogen (secondary N) is 1. The molecule has 0 spiro atoms. The predicted octanol–water partition coefficient (Wildman–Crippen LogP) is 5.24. The van der Waals surface area contributed by atoms with Crippen LogP contribution in [0.5, 0.6) is 11.5 Å². The van der Waals surface area contributed by atoms with Gasteiger partial charge in [0.25, 0.3) is 5.91 Å². The van der Waals surface area contributed by atoms with Gasteiger partial charge in [0.15, 0.2) is 5.78 Å². The van der Waals surface area contributed by atoms with E-state index in [1.54, 1.807) is 48.5 Å². The van der Waals surface area contributed by atoms with Crippen molar-refractivity contribution >= 4 is 17.4 Å². The monoisotopic (exact) mass is 345 g/mol. The molecule has 0 unspecified atom stereocenters. The Balaban J connectivity index is 1.69. The molecule has 0 saturated carbocycles. The van der Waals surface area contributed by atoms with Crippen molar-refractivity contribution in [1.82, 2.24) is 0 Å². The van der Waals surface area contributed by atoms with Gasteiger partial charge in [-0.15, -0.1) is 0 Å². The Morgan fingerprint density at radius 3 is 2.23 bits per heavy atom. The Kier molecular flexibility index (Phi) is 5.13. The molecule has 0 radical (unpaired) electrons. The number of ether oxygens (including phenoxy) is 1. The van der Waals surface area contributed by atoms with Gasteiger partial charge in [-0.2, -0.15) is 0 Å². The van der Waals surface area contributed by atoms with E-state index in [4.69, 9.17) is 4.74 Å². The van der Waals surface area contributed by atoms with Crippen LogP contribution in [0.2, 0.25) is 0 Å². The molecular weight excluding hydrogens is 326 g/mol. The summed E-state index contributed by atoms with van der Waals surface area (Å²) < 4.78 is 5.79. The van der Waals surface area contributed by atoms with Crippen LogP contribution in [0.4, 0.5) is 5.69 Å². The van der Waals surface area contributed by atoms with Gasteiger partial charge in [0, 0.05) is 16.8 Å². The number of hydrogen-bond acceptors (Lipinski definition) is 3. The first-order chi connectivity index (χ1) is 12.5. The number of carbonyl (C=O) groups is 2. The van der Waals surface area contributed by atoms with E-state index in [0.717, 1.165) is 11.3 Å². The maximum atomic E-state index is 12.4. The number of carbonyl (C=O) groups excluding carboxylic acids is 2. The molecule has 0 aliphatic rings. The van der Waals surface area contributed by atoms with Crippen molar-refractivity contribution in [2.75, 3.05) is 5.32 Å². The molecule has 4 heteroatoms. The molecule has 0 atom stereocenters. The molecule has 3 aromatic carbocycles. The molecule has 3 rings (SSSR count). The van der Waals surface area contributed by atoms with E-state index in [2.05, 4.69) is 5.32 Å². The minimum Gasteiger partial charge on any atom is -0.457 e. The SMILES string of the molecule is CC(=O)c1cccc(NC(=O)c2ccc(Oc3cccc(C)c3)cc2)c1. The molecule has 0 heterocycles. The van der Waals surface area contributed by atoms with E-state index in [0.29, 0.717) is 22.6 Å². The van der Waals surface area contributed by atoms with Gasteiger partial charge in [0.1, 0.15) is 11.5 Å². The first kappa shape index (κ1) is 17.4. The second-order valence-corrected chi connectivity index (χ2v) is 6.03. The molecule has 26 heavy (non-hydrogen) atoms. The molecule has 1 amide bonds. The largest absolute Gasteiger partial charge is 0.457 e. The number of hydrogen-bond donors (Lipinski definition) is 1. The van der Waals surface area contributed by atoms with Crippen LogP contribution < -0.4 is 10.1 Å². The quantitative estimate of drug-likeness (QED) is 0.643. The van der Waals surface area contributed by atoms with Crippen molar-refractivity contribution in [2.45, 2.75) is 13.8 Å². The fourth-order valence-corrected chi connectivity index (χ4v) is 2.51. The van der Waals surface area contributed by atoms with Crippen molar-refractivity contribution in [3.63, 3.8) is 0 Å². The van der Waals surface area contributed by atoms with E-state index in [9.17, 15) is 9.59 Å². The van der Waals surface area contributed by atoms with Crippen LogP contribution in [0, 0.1) is 6.92 Å². The Morgan fingerprint density at radius 2 is 1.54 bits per heavy atom. The van der Waals surface area contributed by atoms with Gasteiger partial charge < -0.3 is 10.1 Å². The molecule has 0 aromatic heterocycles. The standard InChI is InChI=1S/C22H19NO3/c1-15-5-3-8-21(13-15)26-20-11-9-17(10-12-20)22(25)23-19-7-4-6-18(14-19)16(2)24/h3-14H,1-2H3,(H,23,25). The van der Waals surface area contributed by atoms with Gasteiger partial charge in [-0.05, 0) is 67.9 Å². The lowest BCUT2D eigenvalue weighted by molar-refractivity contribution is 0.101. The average Bonchev–Trinajstić information content (AvgIpc) is 2.62. The highest BCUT2D eigenvalue weighted by Gasteiger charge is 2.08. The fraction of sp³-hybridized carbons (Fsp3) is 0.0909. The van der Waals surface area contributed by atoms with Gasteiger partial charge in [0.05, 0.1) is 0 Å². The Morgan fingerprint density at radius 1 is 0.808 bits per heavy atom. The number of aryl methyl sites for hydroxylation is 1. The summed E-state index contributed by atoms with van der Waals surface area (Å²) in [5, 5.41) is 2.80. The van der Waals surface area contributed by atoms with Crippen molar-refractivity contribution in [3.8, 4) is 11.5 Å². The lowest BCUT2D eigenvalue weighted by atomic mass is 10.1. The van der Waals surface area contributed by atoms with Crippen LogP contribution in [0.3, 0.4) is 0 Å². The fourth-order valence-electron chi connectivity index (χ4n) is 2.51. The van der Waals surface area contributed by atoms with Crippen LogP contribution in [-0.4, -0.2) is 11.7 Å². The van der Waals surface area contributed by atoms with Crippen molar-refractivity contribution in [3.05, 3.63) is 89.5 Å². The third-order valence-corrected chi connectivity index (χ3v) is 3.87. The number of anilines is 1. The zero-order chi connectivity index (χ0) is 18.5. The topological polar surface area (TPSA) is 55.4 Å². The summed E-state index contributed by atoms with van der Waals surface area (Å²) in [6.45, 7) is 3.50. The molecule has 3 aromatic rings. The maximum Gasteiger partial charge on any atom is 0.255 e. The third-order valence-electron chi connectivity index (χ3n) is 3.87. The number of ketones is 1. The minimum atomic E-state index is -0.243. The number of Topliss-reactive ketones (excluding diaryl/α,β-unsaturated/α-hetero) is 1. The summed E-state index contributed by atoms with van der Waals surface area (Å²) in [5.41, 5.74) is 2.77. The number of amides is 1. The van der Waals surface area contributed by atoms with Gasteiger partial charge in [0.2, 0.25) is 0 Å². The van der Waals surface area contributed by atoms with Crippen LogP contribution >= 0.6 is 0 Å². The third kappa shape index (κ3) is 4.36. The molecule has 4 nitrogen and oxygen atoms in total. The first-order valence-electron chi connectivity index (χ1n) is 8.28. The zero-order valence-electron chi connectivity index (χ0n) is 14.7. The maximum absolute atomic E-state index is 12.4. The van der Waals surface area contributed by atoms with Gasteiger partial charge >= 0.3 is 0 Å². The zero-order valence-corrected chi connectivity index (χ0v) is 14.7. The highest BCUT2D eigenvalue weighted by Crippen LogP contribution is 2.23. The summed E-state index contributed by atoms with van der Waals surface area (Å²) in [6, 6.07) is 21.5.